The third-order valence-corrected chi connectivity index (χ3v) is 3.05. The lowest BCUT2D eigenvalue weighted by Gasteiger charge is -2.20. The Labute approximate surface area is 84.7 Å². The quantitative estimate of drug-likeness (QED) is 0.768. The van der Waals surface area contributed by atoms with E-state index in [1.165, 1.54) is 19.4 Å². The van der Waals surface area contributed by atoms with Crippen LogP contribution in [-0.4, -0.2) is 27.8 Å². The second-order valence-corrected chi connectivity index (χ2v) is 3.90. The summed E-state index contributed by atoms with van der Waals surface area (Å²) in [4.78, 5) is 2.46. The van der Waals surface area contributed by atoms with Crippen molar-refractivity contribution in [2.24, 2.45) is 7.05 Å². The number of nitrogen functional groups attached to an aromatic ring is 1. The summed E-state index contributed by atoms with van der Waals surface area (Å²) in [5.74, 6) is 0.753. The van der Waals surface area contributed by atoms with Gasteiger partial charge in [-0.15, -0.1) is 0 Å². The second kappa shape index (κ2) is 3.61. The molecule has 1 saturated heterocycles. The number of aryl methyl sites for hydroxylation is 1. The molecule has 1 fully saturated rings. The van der Waals surface area contributed by atoms with Crippen LogP contribution in [0.1, 0.15) is 31.5 Å². The van der Waals surface area contributed by atoms with E-state index >= 15 is 0 Å². The third-order valence-electron chi connectivity index (χ3n) is 3.05. The summed E-state index contributed by atoms with van der Waals surface area (Å²) in [6, 6.07) is 2.49. The van der Waals surface area contributed by atoms with Crippen LogP contribution in [0.4, 0.5) is 5.82 Å². The van der Waals surface area contributed by atoms with E-state index in [1.54, 1.807) is 4.68 Å². The van der Waals surface area contributed by atoms with E-state index in [1.807, 2.05) is 13.1 Å². The molecule has 0 amide bonds. The zero-order valence-electron chi connectivity index (χ0n) is 8.90. The summed E-state index contributed by atoms with van der Waals surface area (Å²) < 4.78 is 1.75. The normalized spacial score (nSPS) is 23.1. The van der Waals surface area contributed by atoms with E-state index in [0.29, 0.717) is 6.04 Å². The van der Waals surface area contributed by atoms with E-state index in [-0.39, 0.29) is 0 Å². The van der Waals surface area contributed by atoms with Gasteiger partial charge < -0.3 is 5.73 Å². The molecule has 0 spiro atoms. The Bertz CT molecular complexity index is 298. The average Bonchev–Trinajstić information content (AvgIpc) is 2.73. The molecule has 1 aromatic heterocycles. The topological polar surface area (TPSA) is 47.1 Å². The molecule has 2 heterocycles. The molecule has 4 nitrogen and oxygen atoms in total. The molecule has 0 aromatic carbocycles. The molecule has 14 heavy (non-hydrogen) atoms. The third kappa shape index (κ3) is 1.50. The maximum atomic E-state index is 5.78. The van der Waals surface area contributed by atoms with Crippen LogP contribution in [0, 0.1) is 0 Å². The van der Waals surface area contributed by atoms with Crippen LogP contribution in [-0.2, 0) is 7.05 Å². The maximum absolute atomic E-state index is 5.78. The molecule has 0 bridgehead atoms. The van der Waals surface area contributed by atoms with Gasteiger partial charge in [-0.05, 0) is 25.9 Å². The molecular weight excluding hydrogens is 176 g/mol. The molecule has 1 aliphatic heterocycles. The first-order valence-electron chi connectivity index (χ1n) is 5.26. The molecule has 1 unspecified atom stereocenters. The zero-order valence-corrected chi connectivity index (χ0v) is 8.90. The van der Waals surface area contributed by atoms with Crippen molar-refractivity contribution in [2.75, 3.05) is 18.8 Å². The summed E-state index contributed by atoms with van der Waals surface area (Å²) in [7, 11) is 1.89. The molecular formula is C10H18N4. The fraction of sp³-hybridized carbons (Fsp3) is 0.700. The van der Waals surface area contributed by atoms with Crippen molar-refractivity contribution in [3.63, 3.8) is 0 Å². The van der Waals surface area contributed by atoms with Crippen molar-refractivity contribution in [1.82, 2.24) is 14.7 Å². The Balaban J connectivity index is 2.21. The van der Waals surface area contributed by atoms with Crippen molar-refractivity contribution in [3.8, 4) is 0 Å². The van der Waals surface area contributed by atoms with E-state index in [2.05, 4.69) is 16.9 Å². The molecule has 0 aliphatic carbocycles. The minimum Gasteiger partial charge on any atom is -0.384 e. The highest BCUT2D eigenvalue weighted by Crippen LogP contribution is 2.31. The van der Waals surface area contributed by atoms with Gasteiger partial charge in [-0.3, -0.25) is 9.58 Å². The van der Waals surface area contributed by atoms with Gasteiger partial charge in [0.2, 0.25) is 0 Å². The second-order valence-electron chi connectivity index (χ2n) is 3.90. The molecule has 1 atom stereocenters. The van der Waals surface area contributed by atoms with Crippen LogP contribution >= 0.6 is 0 Å². The lowest BCUT2D eigenvalue weighted by Crippen LogP contribution is -2.23. The standard InChI is InChI=1S/C10H18N4/c1-3-14-6-4-5-9(14)8-7-10(11)13(2)12-8/h7,9H,3-6,11H2,1-2H3. The number of aromatic nitrogens is 2. The highest BCUT2D eigenvalue weighted by Gasteiger charge is 2.26. The van der Waals surface area contributed by atoms with Gasteiger partial charge in [-0.2, -0.15) is 5.10 Å². The smallest absolute Gasteiger partial charge is 0.121 e. The Morgan fingerprint density at radius 1 is 1.64 bits per heavy atom. The van der Waals surface area contributed by atoms with Crippen LogP contribution in [0.3, 0.4) is 0 Å². The number of rotatable bonds is 2. The van der Waals surface area contributed by atoms with Gasteiger partial charge in [0.05, 0.1) is 11.7 Å². The highest BCUT2D eigenvalue weighted by molar-refractivity contribution is 5.32. The SMILES string of the molecule is CCN1CCCC1c1cc(N)n(C)n1. The van der Waals surface area contributed by atoms with E-state index in [0.717, 1.165) is 18.1 Å². The highest BCUT2D eigenvalue weighted by atomic mass is 15.3. The molecule has 2 N–H and O–H groups in total. The number of likely N-dealkylation sites (tertiary alicyclic amines) is 1. The van der Waals surface area contributed by atoms with Gasteiger partial charge in [-0.25, -0.2) is 0 Å². The van der Waals surface area contributed by atoms with Gasteiger partial charge in [-0.1, -0.05) is 6.92 Å². The van der Waals surface area contributed by atoms with Crippen molar-refractivity contribution in [3.05, 3.63) is 11.8 Å². The fourth-order valence-corrected chi connectivity index (χ4v) is 2.21. The minimum absolute atomic E-state index is 0.489. The first-order chi connectivity index (χ1) is 6.72. The maximum Gasteiger partial charge on any atom is 0.121 e. The van der Waals surface area contributed by atoms with Gasteiger partial charge in [0.1, 0.15) is 5.82 Å². The Morgan fingerprint density at radius 3 is 3.00 bits per heavy atom. The van der Waals surface area contributed by atoms with Crippen LogP contribution in [0.5, 0.6) is 0 Å². The van der Waals surface area contributed by atoms with Crippen LogP contribution in [0.2, 0.25) is 0 Å². The van der Waals surface area contributed by atoms with Crippen LogP contribution < -0.4 is 5.73 Å². The summed E-state index contributed by atoms with van der Waals surface area (Å²) in [6.45, 7) is 4.49. The average molecular weight is 194 g/mol. The molecule has 2 rings (SSSR count). The van der Waals surface area contributed by atoms with Crippen molar-refractivity contribution in [2.45, 2.75) is 25.8 Å². The van der Waals surface area contributed by atoms with Crippen LogP contribution in [0.15, 0.2) is 6.07 Å². The van der Waals surface area contributed by atoms with Gasteiger partial charge in [0.15, 0.2) is 0 Å². The molecule has 0 saturated carbocycles. The van der Waals surface area contributed by atoms with Gasteiger partial charge >= 0.3 is 0 Å². The Hall–Kier alpha value is -1.03. The van der Waals surface area contributed by atoms with Crippen molar-refractivity contribution >= 4 is 5.82 Å². The number of hydrogen-bond donors (Lipinski definition) is 1. The van der Waals surface area contributed by atoms with Gasteiger partial charge in [0, 0.05) is 13.1 Å². The lowest BCUT2D eigenvalue weighted by atomic mass is 10.1. The molecule has 78 valence electrons. The number of hydrogen-bond acceptors (Lipinski definition) is 3. The fourth-order valence-electron chi connectivity index (χ4n) is 2.21. The van der Waals surface area contributed by atoms with Crippen LogP contribution in [0.25, 0.3) is 0 Å². The predicted molar refractivity (Wildman–Crippen MR) is 56.8 cm³/mol. The van der Waals surface area contributed by atoms with Crippen molar-refractivity contribution in [1.29, 1.82) is 0 Å². The molecule has 0 radical (unpaired) electrons. The van der Waals surface area contributed by atoms with E-state index < -0.39 is 0 Å². The summed E-state index contributed by atoms with van der Waals surface area (Å²) in [6.07, 6.45) is 2.49. The molecule has 1 aromatic rings. The molecule has 1 aliphatic rings. The summed E-state index contributed by atoms with van der Waals surface area (Å²) in [5, 5.41) is 4.44. The number of nitrogens with two attached hydrogens (primary N) is 1. The predicted octanol–water partition coefficient (Wildman–Crippen LogP) is 1.16. The lowest BCUT2D eigenvalue weighted by molar-refractivity contribution is 0.266. The first-order valence-corrected chi connectivity index (χ1v) is 5.26. The Morgan fingerprint density at radius 2 is 2.43 bits per heavy atom. The monoisotopic (exact) mass is 194 g/mol. The Kier molecular flexibility index (Phi) is 2.46. The zero-order chi connectivity index (χ0) is 10.1. The number of anilines is 1. The van der Waals surface area contributed by atoms with E-state index in [4.69, 9.17) is 5.73 Å². The molecule has 4 heteroatoms. The largest absolute Gasteiger partial charge is 0.384 e. The summed E-state index contributed by atoms with van der Waals surface area (Å²) in [5.41, 5.74) is 6.91. The first kappa shape index (κ1) is 9.52. The van der Waals surface area contributed by atoms with Gasteiger partial charge in [0.25, 0.3) is 0 Å². The van der Waals surface area contributed by atoms with E-state index in [9.17, 15) is 0 Å². The minimum atomic E-state index is 0.489. The number of nitrogens with zero attached hydrogens (tertiary/aromatic N) is 3. The summed E-state index contributed by atoms with van der Waals surface area (Å²) >= 11 is 0. The van der Waals surface area contributed by atoms with Crippen molar-refractivity contribution < 1.29 is 0 Å².